The normalized spacial score (nSPS) is 19.6. The Labute approximate surface area is 125 Å². The van der Waals surface area contributed by atoms with E-state index in [4.69, 9.17) is 4.74 Å². The number of Topliss-reactive ketones (excluding diaryl/α,β-unsaturated/α-hetero) is 1. The molecule has 1 aliphatic rings. The molecule has 21 heavy (non-hydrogen) atoms. The van der Waals surface area contributed by atoms with Crippen LogP contribution in [0.5, 0.6) is 11.5 Å². The minimum Gasteiger partial charge on any atom is -0.507 e. The highest BCUT2D eigenvalue weighted by Gasteiger charge is 2.30. The van der Waals surface area contributed by atoms with Crippen LogP contribution in [0.1, 0.15) is 56.5 Å². The van der Waals surface area contributed by atoms with Crippen molar-refractivity contribution < 1.29 is 14.6 Å². The van der Waals surface area contributed by atoms with E-state index in [1.165, 1.54) is 18.6 Å². The number of allylic oxidation sites excluding steroid dienone is 2. The van der Waals surface area contributed by atoms with E-state index in [1.54, 1.807) is 6.07 Å². The largest absolute Gasteiger partial charge is 0.507 e. The quantitative estimate of drug-likeness (QED) is 0.654. The van der Waals surface area contributed by atoms with Crippen molar-refractivity contribution in [3.05, 3.63) is 41.0 Å². The predicted molar refractivity (Wildman–Crippen MR) is 84.8 cm³/mol. The Kier molecular flexibility index (Phi) is 4.21. The second-order valence-corrected chi connectivity index (χ2v) is 6.00. The molecule has 0 fully saturated rings. The fourth-order valence-electron chi connectivity index (χ4n) is 2.48. The van der Waals surface area contributed by atoms with E-state index in [0.29, 0.717) is 5.75 Å². The summed E-state index contributed by atoms with van der Waals surface area (Å²) in [4.78, 5) is 11.8. The van der Waals surface area contributed by atoms with Crippen molar-refractivity contribution in [2.45, 2.75) is 46.1 Å². The van der Waals surface area contributed by atoms with Crippen LogP contribution >= 0.6 is 0 Å². The second-order valence-electron chi connectivity index (χ2n) is 6.00. The van der Waals surface area contributed by atoms with Crippen LogP contribution in [0.3, 0.4) is 0 Å². The summed E-state index contributed by atoms with van der Waals surface area (Å²) < 4.78 is 6.08. The van der Waals surface area contributed by atoms with Crippen LogP contribution in [0.25, 0.3) is 6.08 Å². The van der Waals surface area contributed by atoms with Crippen LogP contribution in [-0.4, -0.2) is 16.5 Å². The molecule has 0 amide bonds. The second kappa shape index (κ2) is 5.76. The number of fused-ring (bicyclic) bond motifs is 1. The van der Waals surface area contributed by atoms with Gasteiger partial charge in [-0.05, 0) is 58.7 Å². The summed E-state index contributed by atoms with van der Waals surface area (Å²) in [6.07, 6.45) is 7.89. The molecular formula is C18H22O3. The molecule has 1 heterocycles. The Morgan fingerprint density at radius 2 is 2.05 bits per heavy atom. The Morgan fingerprint density at radius 1 is 1.33 bits per heavy atom. The van der Waals surface area contributed by atoms with Gasteiger partial charge in [-0.3, -0.25) is 4.79 Å². The zero-order chi connectivity index (χ0) is 15.6. The number of hydrogen-bond acceptors (Lipinski definition) is 3. The van der Waals surface area contributed by atoms with E-state index >= 15 is 0 Å². The smallest absolute Gasteiger partial charge is 0.167 e. The van der Waals surface area contributed by atoms with Gasteiger partial charge in [-0.2, -0.15) is 0 Å². The van der Waals surface area contributed by atoms with Gasteiger partial charge in [0.15, 0.2) is 5.78 Å². The predicted octanol–water partition coefficient (Wildman–Crippen LogP) is 4.51. The van der Waals surface area contributed by atoms with E-state index in [0.717, 1.165) is 18.4 Å². The van der Waals surface area contributed by atoms with Gasteiger partial charge in [0.1, 0.15) is 22.7 Å². The first kappa shape index (κ1) is 15.4. The zero-order valence-corrected chi connectivity index (χ0v) is 13.1. The molecule has 0 spiro atoms. The van der Waals surface area contributed by atoms with E-state index in [1.807, 2.05) is 19.1 Å². The molecule has 1 aromatic rings. The minimum absolute atomic E-state index is 0.0248. The van der Waals surface area contributed by atoms with Crippen molar-refractivity contribution in [1.82, 2.24) is 0 Å². The number of phenols is 1. The molecule has 2 rings (SSSR count). The Morgan fingerprint density at radius 3 is 2.67 bits per heavy atom. The maximum absolute atomic E-state index is 11.8. The van der Waals surface area contributed by atoms with E-state index in [2.05, 4.69) is 19.9 Å². The lowest BCUT2D eigenvalue weighted by atomic mass is 9.93. The highest BCUT2D eigenvalue weighted by Crippen LogP contribution is 2.40. The zero-order valence-electron chi connectivity index (χ0n) is 13.1. The molecule has 0 saturated heterocycles. The summed E-state index contributed by atoms with van der Waals surface area (Å²) in [6, 6.07) is 3.30. The van der Waals surface area contributed by atoms with Crippen LogP contribution < -0.4 is 4.74 Å². The first-order valence-electron chi connectivity index (χ1n) is 7.21. The summed E-state index contributed by atoms with van der Waals surface area (Å²) >= 11 is 0. The highest BCUT2D eigenvalue weighted by atomic mass is 16.5. The average molecular weight is 286 g/mol. The standard InChI is InChI=1S/C18H22O3/c1-12(2)6-5-10-18(4)11-9-14-7-8-15(20)16(13(3)19)17(14)21-18/h6-9,11,20H,5,10H2,1-4H3. The van der Waals surface area contributed by atoms with Crippen LogP contribution in [0.15, 0.2) is 29.9 Å². The van der Waals surface area contributed by atoms with Gasteiger partial charge in [0, 0.05) is 5.56 Å². The van der Waals surface area contributed by atoms with Gasteiger partial charge >= 0.3 is 0 Å². The summed E-state index contributed by atoms with van der Waals surface area (Å²) in [5.41, 5.74) is 1.92. The van der Waals surface area contributed by atoms with Crippen molar-refractivity contribution in [3.63, 3.8) is 0 Å². The third-order valence-electron chi connectivity index (χ3n) is 3.66. The van der Waals surface area contributed by atoms with Crippen LogP contribution in [0, 0.1) is 0 Å². The molecule has 1 atom stereocenters. The van der Waals surface area contributed by atoms with Gasteiger partial charge in [0.05, 0.1) is 0 Å². The lowest BCUT2D eigenvalue weighted by Crippen LogP contribution is -2.32. The molecule has 0 bridgehead atoms. The Hall–Kier alpha value is -2.03. The monoisotopic (exact) mass is 286 g/mol. The fourth-order valence-corrected chi connectivity index (χ4v) is 2.48. The van der Waals surface area contributed by atoms with Crippen molar-refractivity contribution in [3.8, 4) is 11.5 Å². The van der Waals surface area contributed by atoms with Gasteiger partial charge in [-0.25, -0.2) is 0 Å². The first-order chi connectivity index (χ1) is 9.82. The van der Waals surface area contributed by atoms with E-state index in [9.17, 15) is 9.90 Å². The van der Waals surface area contributed by atoms with Crippen molar-refractivity contribution >= 4 is 11.9 Å². The lowest BCUT2D eigenvalue weighted by Gasteiger charge is -2.32. The summed E-state index contributed by atoms with van der Waals surface area (Å²) in [6.45, 7) is 7.58. The summed E-state index contributed by atoms with van der Waals surface area (Å²) in [5, 5.41) is 9.92. The van der Waals surface area contributed by atoms with Gasteiger partial charge in [-0.1, -0.05) is 17.7 Å². The van der Waals surface area contributed by atoms with Crippen molar-refractivity contribution in [1.29, 1.82) is 0 Å². The number of rotatable bonds is 4. The number of carbonyl (C=O) groups excluding carboxylic acids is 1. The van der Waals surface area contributed by atoms with Gasteiger partial charge < -0.3 is 9.84 Å². The minimum atomic E-state index is -0.461. The molecule has 0 aromatic heterocycles. The maximum Gasteiger partial charge on any atom is 0.167 e. The number of carbonyl (C=O) groups is 1. The van der Waals surface area contributed by atoms with Crippen LogP contribution in [0.4, 0.5) is 0 Å². The molecule has 1 aromatic carbocycles. The van der Waals surface area contributed by atoms with Gasteiger partial charge in [-0.15, -0.1) is 0 Å². The molecule has 3 nitrogen and oxygen atoms in total. The Bertz CT molecular complexity index is 622. The third-order valence-corrected chi connectivity index (χ3v) is 3.66. The number of ketones is 1. The fraction of sp³-hybridized carbons (Fsp3) is 0.389. The molecule has 0 aliphatic carbocycles. The molecule has 1 N–H and O–H groups in total. The van der Waals surface area contributed by atoms with Crippen molar-refractivity contribution in [2.75, 3.05) is 0 Å². The number of aromatic hydroxyl groups is 1. The SMILES string of the molecule is CC(=O)c1c(O)ccc2c1OC(C)(CCC=C(C)C)C=C2. The highest BCUT2D eigenvalue weighted by molar-refractivity contribution is 6.00. The number of benzene rings is 1. The van der Waals surface area contributed by atoms with Crippen LogP contribution in [-0.2, 0) is 0 Å². The molecular weight excluding hydrogens is 264 g/mol. The molecule has 1 aliphatic heterocycles. The van der Waals surface area contributed by atoms with E-state index < -0.39 is 5.60 Å². The topological polar surface area (TPSA) is 46.5 Å². The van der Waals surface area contributed by atoms with E-state index in [-0.39, 0.29) is 17.1 Å². The summed E-state index contributed by atoms with van der Waals surface area (Å²) in [7, 11) is 0. The van der Waals surface area contributed by atoms with Crippen molar-refractivity contribution in [2.24, 2.45) is 0 Å². The number of ether oxygens (including phenoxy) is 1. The molecule has 1 unspecified atom stereocenters. The third kappa shape index (κ3) is 3.35. The summed E-state index contributed by atoms with van der Waals surface area (Å²) in [5.74, 6) is 0.277. The molecule has 3 heteroatoms. The Balaban J connectivity index is 2.32. The molecule has 0 saturated carbocycles. The average Bonchev–Trinajstić information content (AvgIpc) is 2.37. The maximum atomic E-state index is 11.8. The van der Waals surface area contributed by atoms with Crippen LogP contribution in [0.2, 0.25) is 0 Å². The first-order valence-corrected chi connectivity index (χ1v) is 7.21. The molecule has 112 valence electrons. The number of hydrogen-bond donors (Lipinski definition) is 1. The molecule has 0 radical (unpaired) electrons. The van der Waals surface area contributed by atoms with Gasteiger partial charge in [0.25, 0.3) is 0 Å². The lowest BCUT2D eigenvalue weighted by molar-refractivity contribution is 0.0984. The van der Waals surface area contributed by atoms with Gasteiger partial charge in [0.2, 0.25) is 0 Å². The number of phenolic OH excluding ortho intramolecular Hbond substituents is 1.